The van der Waals surface area contributed by atoms with Gasteiger partial charge in [0.25, 0.3) is 0 Å². The number of alkyl halides is 1. The third-order valence-corrected chi connectivity index (χ3v) is 4.44. The number of pyridine rings is 1. The van der Waals surface area contributed by atoms with Crippen LogP contribution in [-0.2, 0) is 0 Å². The Balaban J connectivity index is 2.25. The quantitative estimate of drug-likeness (QED) is 0.770. The molecule has 2 nitrogen and oxygen atoms in total. The molecule has 1 saturated heterocycles. The highest BCUT2D eigenvalue weighted by atomic mass is 79.9. The average Bonchev–Trinajstić information content (AvgIpc) is 2.70. The molecule has 15 heavy (non-hydrogen) atoms. The van der Waals surface area contributed by atoms with Gasteiger partial charge in [0.05, 0.1) is 5.69 Å². The first-order valence-corrected chi connectivity index (χ1v) is 7.09. The molecular weight excluding hydrogens is 320 g/mol. The minimum atomic E-state index is 0.609. The smallest absolute Gasteiger partial charge is 0.129 e. The summed E-state index contributed by atoms with van der Waals surface area (Å²) in [6.07, 6.45) is 2.54. The molecule has 0 bridgehead atoms. The summed E-state index contributed by atoms with van der Waals surface area (Å²) in [5.74, 6) is 1.11. The highest BCUT2D eigenvalue weighted by Crippen LogP contribution is 2.26. The first-order valence-electron chi connectivity index (χ1n) is 5.18. The van der Waals surface area contributed by atoms with Gasteiger partial charge in [-0.15, -0.1) is 0 Å². The lowest BCUT2D eigenvalue weighted by atomic mass is 10.2. The van der Waals surface area contributed by atoms with Crippen LogP contribution in [0.1, 0.15) is 18.5 Å². The van der Waals surface area contributed by atoms with Gasteiger partial charge in [-0.3, -0.25) is 0 Å². The molecule has 0 amide bonds. The van der Waals surface area contributed by atoms with Crippen LogP contribution in [0, 0.1) is 6.92 Å². The fraction of sp³-hybridized carbons (Fsp3) is 0.545. The number of hydrogen-bond acceptors (Lipinski definition) is 2. The first-order chi connectivity index (χ1) is 7.22. The Bertz CT molecular complexity index is 354. The third-order valence-electron chi connectivity index (χ3n) is 2.86. The van der Waals surface area contributed by atoms with E-state index in [9.17, 15) is 0 Å². The molecule has 1 aliphatic rings. The van der Waals surface area contributed by atoms with Gasteiger partial charge in [0.1, 0.15) is 5.82 Å². The van der Waals surface area contributed by atoms with Crippen molar-refractivity contribution in [3.8, 4) is 0 Å². The number of aromatic nitrogens is 1. The van der Waals surface area contributed by atoms with Gasteiger partial charge in [-0.25, -0.2) is 4.98 Å². The van der Waals surface area contributed by atoms with Crippen LogP contribution in [0.15, 0.2) is 16.6 Å². The number of rotatable bonds is 2. The number of anilines is 1. The monoisotopic (exact) mass is 332 g/mol. The maximum Gasteiger partial charge on any atom is 0.129 e. The van der Waals surface area contributed by atoms with E-state index in [4.69, 9.17) is 0 Å². The van der Waals surface area contributed by atoms with E-state index in [1.165, 1.54) is 12.8 Å². The molecule has 1 unspecified atom stereocenters. The van der Waals surface area contributed by atoms with E-state index < -0.39 is 0 Å². The molecule has 0 aliphatic carbocycles. The Morgan fingerprint density at radius 3 is 3.00 bits per heavy atom. The lowest BCUT2D eigenvalue weighted by Gasteiger charge is -2.24. The average molecular weight is 334 g/mol. The molecule has 1 atom stereocenters. The van der Waals surface area contributed by atoms with Gasteiger partial charge in [-0.1, -0.05) is 15.9 Å². The summed E-state index contributed by atoms with van der Waals surface area (Å²) >= 11 is 7.05. The Morgan fingerprint density at radius 2 is 2.33 bits per heavy atom. The minimum absolute atomic E-state index is 0.609. The fourth-order valence-electron chi connectivity index (χ4n) is 1.99. The topological polar surface area (TPSA) is 16.1 Å². The van der Waals surface area contributed by atoms with Gasteiger partial charge >= 0.3 is 0 Å². The molecule has 0 saturated carbocycles. The highest BCUT2D eigenvalue weighted by molar-refractivity contribution is 9.10. The maximum atomic E-state index is 4.61. The van der Waals surface area contributed by atoms with Gasteiger partial charge < -0.3 is 4.90 Å². The van der Waals surface area contributed by atoms with Gasteiger partial charge in [0.15, 0.2) is 0 Å². The standard InChI is InChI=1S/C11H14Br2N2/c1-8-10(13)4-5-11(14-8)15-6-2-3-9(15)7-12/h4-5,9H,2-3,6-7H2,1H3. The zero-order chi connectivity index (χ0) is 10.8. The van der Waals surface area contributed by atoms with Crippen molar-refractivity contribution in [2.45, 2.75) is 25.8 Å². The van der Waals surface area contributed by atoms with E-state index in [1.807, 2.05) is 6.92 Å². The summed E-state index contributed by atoms with van der Waals surface area (Å²) in [6.45, 7) is 3.16. The predicted molar refractivity (Wildman–Crippen MR) is 70.8 cm³/mol. The van der Waals surface area contributed by atoms with E-state index in [1.54, 1.807) is 0 Å². The Kier molecular flexibility index (Phi) is 3.67. The SMILES string of the molecule is Cc1nc(N2CCCC2CBr)ccc1Br. The van der Waals surface area contributed by atoms with Crippen molar-refractivity contribution in [1.29, 1.82) is 0 Å². The molecule has 0 spiro atoms. The molecule has 4 heteroatoms. The van der Waals surface area contributed by atoms with Crippen molar-refractivity contribution >= 4 is 37.7 Å². The Morgan fingerprint density at radius 1 is 1.53 bits per heavy atom. The number of aryl methyl sites for hydroxylation is 1. The van der Waals surface area contributed by atoms with Crippen LogP contribution in [0.3, 0.4) is 0 Å². The largest absolute Gasteiger partial charge is 0.353 e. The van der Waals surface area contributed by atoms with Crippen molar-refractivity contribution in [2.24, 2.45) is 0 Å². The van der Waals surface area contributed by atoms with Crippen LogP contribution in [0.25, 0.3) is 0 Å². The van der Waals surface area contributed by atoms with Crippen LogP contribution in [0.2, 0.25) is 0 Å². The second-order valence-corrected chi connectivity index (χ2v) is 5.38. The lowest BCUT2D eigenvalue weighted by molar-refractivity contribution is 0.740. The first kappa shape index (κ1) is 11.4. The summed E-state index contributed by atoms with van der Waals surface area (Å²) in [4.78, 5) is 7.01. The number of nitrogens with zero attached hydrogens (tertiary/aromatic N) is 2. The summed E-state index contributed by atoms with van der Waals surface area (Å²) in [5, 5.41) is 1.03. The third kappa shape index (κ3) is 2.36. The molecule has 1 aliphatic heterocycles. The van der Waals surface area contributed by atoms with Gasteiger partial charge in [-0.2, -0.15) is 0 Å². The van der Waals surface area contributed by atoms with Gasteiger partial charge in [-0.05, 0) is 47.8 Å². The summed E-state index contributed by atoms with van der Waals surface area (Å²) < 4.78 is 1.08. The zero-order valence-corrected chi connectivity index (χ0v) is 11.9. The molecular formula is C11H14Br2N2. The van der Waals surface area contributed by atoms with Gasteiger partial charge in [0.2, 0.25) is 0 Å². The molecule has 1 aromatic rings. The summed E-state index contributed by atoms with van der Waals surface area (Å²) in [5.41, 5.74) is 1.06. The van der Waals surface area contributed by atoms with Gasteiger partial charge in [0, 0.05) is 22.4 Å². The summed E-state index contributed by atoms with van der Waals surface area (Å²) in [7, 11) is 0. The molecule has 0 N–H and O–H groups in total. The van der Waals surface area contributed by atoms with Crippen LogP contribution in [-0.4, -0.2) is 22.9 Å². The van der Waals surface area contributed by atoms with E-state index >= 15 is 0 Å². The molecule has 2 rings (SSSR count). The van der Waals surface area contributed by atoms with Crippen molar-refractivity contribution in [3.05, 3.63) is 22.3 Å². The molecule has 1 fully saturated rings. The van der Waals surface area contributed by atoms with Crippen LogP contribution < -0.4 is 4.90 Å². The van der Waals surface area contributed by atoms with Crippen LogP contribution in [0.5, 0.6) is 0 Å². The van der Waals surface area contributed by atoms with E-state index in [-0.39, 0.29) is 0 Å². The highest BCUT2D eigenvalue weighted by Gasteiger charge is 2.24. The Labute approximate surface area is 107 Å². The molecule has 2 heterocycles. The van der Waals surface area contributed by atoms with E-state index in [2.05, 4.69) is 53.9 Å². The minimum Gasteiger partial charge on any atom is -0.353 e. The normalized spacial score (nSPS) is 21.0. The number of halogens is 2. The van der Waals surface area contributed by atoms with Crippen molar-refractivity contribution < 1.29 is 0 Å². The van der Waals surface area contributed by atoms with Crippen LogP contribution >= 0.6 is 31.9 Å². The zero-order valence-electron chi connectivity index (χ0n) is 8.71. The molecule has 82 valence electrons. The molecule has 0 radical (unpaired) electrons. The van der Waals surface area contributed by atoms with Crippen molar-refractivity contribution in [2.75, 3.05) is 16.8 Å². The Hall–Kier alpha value is -0.0900. The maximum absolute atomic E-state index is 4.61. The van der Waals surface area contributed by atoms with E-state index in [0.717, 1.165) is 27.9 Å². The van der Waals surface area contributed by atoms with Crippen LogP contribution in [0.4, 0.5) is 5.82 Å². The van der Waals surface area contributed by atoms with Crippen molar-refractivity contribution in [3.63, 3.8) is 0 Å². The number of hydrogen-bond donors (Lipinski definition) is 0. The molecule has 0 aromatic carbocycles. The second kappa shape index (κ2) is 4.83. The fourth-order valence-corrected chi connectivity index (χ4v) is 2.88. The second-order valence-electron chi connectivity index (χ2n) is 3.88. The molecule has 1 aromatic heterocycles. The summed E-state index contributed by atoms with van der Waals surface area (Å²) in [6, 6.07) is 4.79. The predicted octanol–water partition coefficient (Wildman–Crippen LogP) is 3.52. The van der Waals surface area contributed by atoms with Crippen molar-refractivity contribution in [1.82, 2.24) is 4.98 Å². The lowest BCUT2D eigenvalue weighted by Crippen LogP contribution is -2.31. The van der Waals surface area contributed by atoms with E-state index in [0.29, 0.717) is 6.04 Å².